The number of aromatic nitrogens is 3. The SMILES string of the molecule is CC(C)c1ccc(-n2cnnc2SCC(=O)NC(C)C2CCCO2)cc1. The average Bonchev–Trinajstić information content (AvgIpc) is 3.31. The van der Waals surface area contributed by atoms with Crippen LogP contribution in [0.5, 0.6) is 0 Å². The van der Waals surface area contributed by atoms with Crippen molar-refractivity contribution < 1.29 is 9.53 Å². The summed E-state index contributed by atoms with van der Waals surface area (Å²) in [5.74, 6) is 0.788. The molecule has 3 rings (SSSR count). The highest BCUT2D eigenvalue weighted by molar-refractivity contribution is 7.99. The number of nitrogens with one attached hydrogen (secondary N) is 1. The molecule has 2 atom stereocenters. The smallest absolute Gasteiger partial charge is 0.230 e. The van der Waals surface area contributed by atoms with Crippen LogP contribution in [0.25, 0.3) is 5.69 Å². The van der Waals surface area contributed by atoms with Gasteiger partial charge in [0, 0.05) is 12.3 Å². The van der Waals surface area contributed by atoms with Crippen molar-refractivity contribution >= 4 is 17.7 Å². The van der Waals surface area contributed by atoms with E-state index in [9.17, 15) is 4.79 Å². The maximum absolute atomic E-state index is 12.2. The van der Waals surface area contributed by atoms with Gasteiger partial charge in [-0.05, 0) is 43.4 Å². The number of rotatable bonds is 7. The lowest BCUT2D eigenvalue weighted by Crippen LogP contribution is -2.41. The molecule has 1 aliphatic heterocycles. The first-order valence-electron chi connectivity index (χ1n) is 9.08. The predicted octanol–water partition coefficient (Wildman–Crippen LogP) is 3.17. The van der Waals surface area contributed by atoms with E-state index in [1.54, 1.807) is 6.33 Å². The van der Waals surface area contributed by atoms with Crippen LogP contribution in [0.15, 0.2) is 35.7 Å². The van der Waals surface area contributed by atoms with Gasteiger partial charge in [-0.1, -0.05) is 37.7 Å². The van der Waals surface area contributed by atoms with Gasteiger partial charge in [0.2, 0.25) is 5.91 Å². The predicted molar refractivity (Wildman–Crippen MR) is 103 cm³/mol. The number of nitrogens with zero attached hydrogens (tertiary/aromatic N) is 3. The van der Waals surface area contributed by atoms with Gasteiger partial charge in [0.1, 0.15) is 6.33 Å². The summed E-state index contributed by atoms with van der Waals surface area (Å²) in [5, 5.41) is 11.9. The van der Waals surface area contributed by atoms with Gasteiger partial charge in [-0.25, -0.2) is 0 Å². The summed E-state index contributed by atoms with van der Waals surface area (Å²) in [6, 6.07) is 8.38. The van der Waals surface area contributed by atoms with Crippen molar-refractivity contribution in [2.75, 3.05) is 12.4 Å². The highest BCUT2D eigenvalue weighted by Gasteiger charge is 2.23. The Labute approximate surface area is 158 Å². The molecule has 0 bridgehead atoms. The molecule has 0 spiro atoms. The molecule has 1 N–H and O–H groups in total. The van der Waals surface area contributed by atoms with E-state index >= 15 is 0 Å². The van der Waals surface area contributed by atoms with Gasteiger partial charge in [-0.2, -0.15) is 0 Å². The van der Waals surface area contributed by atoms with E-state index in [0.29, 0.717) is 16.8 Å². The second-order valence-corrected chi connectivity index (χ2v) is 7.87. The van der Waals surface area contributed by atoms with Gasteiger partial charge in [0.15, 0.2) is 5.16 Å². The molecule has 2 unspecified atom stereocenters. The lowest BCUT2D eigenvalue weighted by atomic mass is 10.0. The zero-order valence-electron chi connectivity index (χ0n) is 15.5. The van der Waals surface area contributed by atoms with E-state index in [0.717, 1.165) is 25.1 Å². The van der Waals surface area contributed by atoms with E-state index in [-0.39, 0.29) is 18.1 Å². The molecule has 1 fully saturated rings. The largest absolute Gasteiger partial charge is 0.376 e. The number of amides is 1. The Morgan fingerprint density at radius 1 is 1.35 bits per heavy atom. The van der Waals surface area contributed by atoms with Crippen molar-refractivity contribution in [3.63, 3.8) is 0 Å². The first-order valence-corrected chi connectivity index (χ1v) is 10.1. The van der Waals surface area contributed by atoms with E-state index in [4.69, 9.17) is 4.74 Å². The Hall–Kier alpha value is -1.86. The maximum atomic E-state index is 12.2. The van der Waals surface area contributed by atoms with Gasteiger partial charge in [-0.15, -0.1) is 10.2 Å². The van der Waals surface area contributed by atoms with Crippen LogP contribution in [0.1, 0.15) is 45.1 Å². The number of thioether (sulfide) groups is 1. The molecule has 6 nitrogen and oxygen atoms in total. The van der Waals surface area contributed by atoms with Crippen LogP contribution >= 0.6 is 11.8 Å². The van der Waals surface area contributed by atoms with Crippen LogP contribution in [0.4, 0.5) is 0 Å². The van der Waals surface area contributed by atoms with Gasteiger partial charge >= 0.3 is 0 Å². The summed E-state index contributed by atoms with van der Waals surface area (Å²) in [5.41, 5.74) is 2.29. The fourth-order valence-corrected chi connectivity index (χ4v) is 3.78. The van der Waals surface area contributed by atoms with E-state index in [2.05, 4.69) is 53.6 Å². The second kappa shape index (κ2) is 8.68. The van der Waals surface area contributed by atoms with Crippen LogP contribution in [0, 0.1) is 0 Å². The van der Waals surface area contributed by atoms with Crippen LogP contribution in [-0.4, -0.2) is 45.2 Å². The van der Waals surface area contributed by atoms with Crippen molar-refractivity contribution in [3.05, 3.63) is 36.2 Å². The Bertz CT molecular complexity index is 723. The third kappa shape index (κ3) is 4.65. The van der Waals surface area contributed by atoms with Crippen LogP contribution < -0.4 is 5.32 Å². The Morgan fingerprint density at radius 2 is 2.12 bits per heavy atom. The Morgan fingerprint density at radius 3 is 2.77 bits per heavy atom. The molecule has 7 heteroatoms. The number of carbonyl (C=O) groups excluding carboxylic acids is 1. The topological polar surface area (TPSA) is 69.0 Å². The van der Waals surface area contributed by atoms with E-state index in [1.165, 1.54) is 17.3 Å². The van der Waals surface area contributed by atoms with Gasteiger partial charge in [-0.3, -0.25) is 9.36 Å². The van der Waals surface area contributed by atoms with Gasteiger partial charge < -0.3 is 10.1 Å². The molecule has 0 radical (unpaired) electrons. The number of hydrogen-bond donors (Lipinski definition) is 1. The maximum Gasteiger partial charge on any atom is 0.230 e. The fraction of sp³-hybridized carbons (Fsp3) is 0.526. The summed E-state index contributed by atoms with van der Waals surface area (Å²) >= 11 is 1.39. The molecule has 140 valence electrons. The zero-order chi connectivity index (χ0) is 18.5. The lowest BCUT2D eigenvalue weighted by Gasteiger charge is -2.19. The molecule has 26 heavy (non-hydrogen) atoms. The molecule has 1 amide bonds. The number of ether oxygens (including phenoxy) is 1. The molecule has 0 aliphatic carbocycles. The number of carbonyl (C=O) groups is 1. The van der Waals surface area contributed by atoms with Crippen molar-refractivity contribution in [2.45, 2.75) is 56.8 Å². The number of hydrogen-bond acceptors (Lipinski definition) is 5. The highest BCUT2D eigenvalue weighted by Crippen LogP contribution is 2.22. The lowest BCUT2D eigenvalue weighted by molar-refractivity contribution is -0.120. The van der Waals surface area contributed by atoms with Gasteiger partial charge in [0.05, 0.1) is 17.9 Å². The zero-order valence-corrected chi connectivity index (χ0v) is 16.3. The molecule has 1 aliphatic rings. The standard InChI is InChI=1S/C19H26N4O2S/c1-13(2)15-6-8-16(9-7-15)23-12-20-22-19(23)26-11-18(24)21-14(3)17-5-4-10-25-17/h6-9,12-14,17H,4-5,10-11H2,1-3H3,(H,21,24). The molecule has 1 aromatic carbocycles. The summed E-state index contributed by atoms with van der Waals surface area (Å²) < 4.78 is 7.53. The third-order valence-electron chi connectivity index (χ3n) is 4.60. The molecular formula is C19H26N4O2S. The summed E-state index contributed by atoms with van der Waals surface area (Å²) in [4.78, 5) is 12.2. The molecule has 0 saturated carbocycles. The van der Waals surface area contributed by atoms with E-state index < -0.39 is 0 Å². The average molecular weight is 375 g/mol. The van der Waals surface area contributed by atoms with Gasteiger partial charge in [0.25, 0.3) is 0 Å². The van der Waals surface area contributed by atoms with Crippen molar-refractivity contribution in [1.82, 2.24) is 20.1 Å². The highest BCUT2D eigenvalue weighted by atomic mass is 32.2. The Balaban J connectivity index is 1.57. The van der Waals surface area contributed by atoms with Crippen molar-refractivity contribution in [2.24, 2.45) is 0 Å². The summed E-state index contributed by atoms with van der Waals surface area (Å²) in [6.07, 6.45) is 3.89. The minimum absolute atomic E-state index is 0.0114. The van der Waals surface area contributed by atoms with Crippen molar-refractivity contribution in [3.8, 4) is 5.69 Å². The molecule has 2 aromatic rings. The van der Waals surface area contributed by atoms with Crippen LogP contribution in [0.2, 0.25) is 0 Å². The quantitative estimate of drug-likeness (QED) is 0.754. The summed E-state index contributed by atoms with van der Waals surface area (Å²) in [7, 11) is 0. The third-order valence-corrected chi connectivity index (χ3v) is 5.54. The monoisotopic (exact) mass is 374 g/mol. The summed E-state index contributed by atoms with van der Waals surface area (Å²) in [6.45, 7) is 7.13. The van der Waals surface area contributed by atoms with Crippen LogP contribution in [0.3, 0.4) is 0 Å². The minimum atomic E-state index is -0.0114. The minimum Gasteiger partial charge on any atom is -0.376 e. The van der Waals surface area contributed by atoms with Crippen molar-refractivity contribution in [1.29, 1.82) is 0 Å². The first kappa shape index (κ1) is 18.9. The second-order valence-electron chi connectivity index (χ2n) is 6.93. The normalized spacial score (nSPS) is 18.2. The molecular weight excluding hydrogens is 348 g/mol. The molecule has 2 heterocycles. The molecule has 1 aromatic heterocycles. The van der Waals surface area contributed by atoms with E-state index in [1.807, 2.05) is 11.5 Å². The fourth-order valence-electron chi connectivity index (χ4n) is 3.04. The Kier molecular flexibility index (Phi) is 6.32. The molecule has 1 saturated heterocycles. The first-order chi connectivity index (χ1) is 12.5. The van der Waals surface area contributed by atoms with Crippen LogP contribution in [-0.2, 0) is 9.53 Å². The number of benzene rings is 1.